The molecule has 21 heavy (non-hydrogen) atoms. The van der Waals surface area contributed by atoms with E-state index in [1.165, 1.54) is 4.31 Å². The van der Waals surface area contributed by atoms with Crippen molar-refractivity contribution in [2.75, 3.05) is 19.1 Å². The van der Waals surface area contributed by atoms with Gasteiger partial charge in [-0.15, -0.1) is 0 Å². The monoisotopic (exact) mass is 394 g/mol. The van der Waals surface area contributed by atoms with Crippen LogP contribution in [0.4, 0.5) is 0 Å². The van der Waals surface area contributed by atoms with Gasteiger partial charge in [0.2, 0.25) is 10.0 Å². The second-order valence-corrected chi connectivity index (χ2v) is 8.83. The summed E-state index contributed by atoms with van der Waals surface area (Å²) in [7, 11) is -1.90. The summed E-state index contributed by atoms with van der Waals surface area (Å²) < 4.78 is 27.7. The predicted molar refractivity (Wildman–Crippen MR) is 94.2 cm³/mol. The molecule has 1 aromatic rings. The minimum absolute atomic E-state index is 0.0452. The van der Waals surface area contributed by atoms with E-state index in [-0.39, 0.29) is 6.04 Å². The van der Waals surface area contributed by atoms with Crippen LogP contribution in [-0.2, 0) is 16.6 Å². The molecule has 7 heteroatoms. The van der Waals surface area contributed by atoms with E-state index >= 15 is 0 Å². The summed E-state index contributed by atoms with van der Waals surface area (Å²) >= 11 is 5.12. The van der Waals surface area contributed by atoms with Crippen molar-refractivity contribution < 1.29 is 8.42 Å². The largest absolute Gasteiger partial charge is 0.326 e. The van der Waals surface area contributed by atoms with Crippen LogP contribution in [0.2, 0.25) is 0 Å². The summed E-state index contributed by atoms with van der Waals surface area (Å²) in [5.74, 6) is 0.935. The molecule has 0 spiro atoms. The van der Waals surface area contributed by atoms with Gasteiger partial charge in [0.1, 0.15) is 0 Å². The van der Waals surface area contributed by atoms with Crippen LogP contribution in [0.25, 0.3) is 0 Å². The lowest BCUT2D eigenvalue weighted by molar-refractivity contribution is 0.382. The summed E-state index contributed by atoms with van der Waals surface area (Å²) in [6.45, 7) is 4.13. The van der Waals surface area contributed by atoms with Crippen LogP contribution >= 0.6 is 27.7 Å². The van der Waals surface area contributed by atoms with Crippen molar-refractivity contribution in [3.05, 3.63) is 27.7 Å². The number of halogens is 1. The van der Waals surface area contributed by atoms with Crippen LogP contribution < -0.4 is 5.73 Å². The molecule has 1 aromatic carbocycles. The Morgan fingerprint density at radius 2 is 2.05 bits per heavy atom. The van der Waals surface area contributed by atoms with Crippen LogP contribution in [0.15, 0.2) is 21.5 Å². The molecule has 120 valence electrons. The van der Waals surface area contributed by atoms with Crippen molar-refractivity contribution >= 4 is 37.7 Å². The van der Waals surface area contributed by atoms with Gasteiger partial charge in [0, 0.05) is 24.1 Å². The van der Waals surface area contributed by atoms with Gasteiger partial charge in [-0.3, -0.25) is 0 Å². The molecule has 0 fully saturated rings. The highest BCUT2D eigenvalue weighted by atomic mass is 79.9. The average molecular weight is 395 g/mol. The van der Waals surface area contributed by atoms with Gasteiger partial charge in [-0.05, 0) is 65.4 Å². The number of hydrogen-bond donors (Lipinski definition) is 1. The Bertz CT molecular complexity index is 591. The highest BCUT2D eigenvalue weighted by Crippen LogP contribution is 2.30. The van der Waals surface area contributed by atoms with Crippen molar-refractivity contribution in [2.45, 2.75) is 37.8 Å². The number of rotatable bonds is 7. The molecule has 0 amide bonds. The normalized spacial score (nSPS) is 13.7. The maximum Gasteiger partial charge on any atom is 0.244 e. The molecule has 1 rings (SSSR count). The second-order valence-electron chi connectivity index (χ2n) is 5.08. The van der Waals surface area contributed by atoms with Gasteiger partial charge in [-0.25, -0.2) is 8.42 Å². The number of sulfonamides is 1. The molecule has 4 nitrogen and oxygen atoms in total. The fraction of sp³-hybridized carbons (Fsp3) is 0.571. The minimum Gasteiger partial charge on any atom is -0.326 e. The average Bonchev–Trinajstić information content (AvgIpc) is 2.46. The third-order valence-corrected chi connectivity index (χ3v) is 7.49. The zero-order valence-electron chi connectivity index (χ0n) is 12.9. The molecule has 0 saturated carbocycles. The molecule has 0 aliphatic carbocycles. The third-order valence-electron chi connectivity index (χ3n) is 3.53. The summed E-state index contributed by atoms with van der Waals surface area (Å²) in [6, 6.07) is 3.51. The lowest BCUT2D eigenvalue weighted by Crippen LogP contribution is -2.35. The van der Waals surface area contributed by atoms with E-state index < -0.39 is 10.0 Å². The number of thioether (sulfide) groups is 1. The molecule has 0 bridgehead atoms. The first-order valence-corrected chi connectivity index (χ1v) is 10.3. The topological polar surface area (TPSA) is 63.4 Å². The van der Waals surface area contributed by atoms with E-state index in [0.717, 1.165) is 23.3 Å². The van der Waals surface area contributed by atoms with Crippen molar-refractivity contribution in [3.8, 4) is 0 Å². The zero-order chi connectivity index (χ0) is 16.2. The van der Waals surface area contributed by atoms with Gasteiger partial charge in [-0.1, -0.05) is 6.07 Å². The summed E-state index contributed by atoms with van der Waals surface area (Å²) in [6.07, 6.45) is 2.84. The van der Waals surface area contributed by atoms with Crippen LogP contribution in [-0.4, -0.2) is 37.8 Å². The van der Waals surface area contributed by atoms with E-state index in [9.17, 15) is 8.42 Å². The van der Waals surface area contributed by atoms with Crippen LogP contribution in [0.1, 0.15) is 24.5 Å². The number of aryl methyl sites for hydroxylation is 1. The van der Waals surface area contributed by atoms with Gasteiger partial charge < -0.3 is 5.73 Å². The number of hydrogen-bond acceptors (Lipinski definition) is 4. The highest BCUT2D eigenvalue weighted by molar-refractivity contribution is 9.10. The van der Waals surface area contributed by atoms with Crippen molar-refractivity contribution in [1.29, 1.82) is 0 Å². The van der Waals surface area contributed by atoms with Crippen LogP contribution in [0.3, 0.4) is 0 Å². The number of nitrogens with two attached hydrogens (primary N) is 1. The van der Waals surface area contributed by atoms with Gasteiger partial charge in [0.25, 0.3) is 0 Å². The van der Waals surface area contributed by atoms with E-state index in [1.807, 2.05) is 26.2 Å². The molecular weight excluding hydrogens is 372 g/mol. The molecule has 0 radical (unpaired) electrons. The summed E-state index contributed by atoms with van der Waals surface area (Å²) in [4.78, 5) is 0.293. The first-order valence-electron chi connectivity index (χ1n) is 6.71. The minimum atomic E-state index is -3.53. The first kappa shape index (κ1) is 19.0. The lowest BCUT2D eigenvalue weighted by Gasteiger charge is -2.25. The number of nitrogens with zero attached hydrogens (tertiary/aromatic N) is 1. The highest BCUT2D eigenvalue weighted by Gasteiger charge is 2.28. The lowest BCUT2D eigenvalue weighted by atomic mass is 10.1. The van der Waals surface area contributed by atoms with E-state index in [4.69, 9.17) is 5.73 Å². The summed E-state index contributed by atoms with van der Waals surface area (Å²) in [5, 5.41) is 0. The van der Waals surface area contributed by atoms with E-state index in [2.05, 4.69) is 15.9 Å². The van der Waals surface area contributed by atoms with Gasteiger partial charge >= 0.3 is 0 Å². The fourth-order valence-electron chi connectivity index (χ4n) is 1.98. The molecule has 1 unspecified atom stereocenters. The Morgan fingerprint density at radius 3 is 2.57 bits per heavy atom. The maximum absolute atomic E-state index is 12.8. The van der Waals surface area contributed by atoms with Crippen molar-refractivity contribution in [3.63, 3.8) is 0 Å². The van der Waals surface area contributed by atoms with Crippen molar-refractivity contribution in [1.82, 2.24) is 4.31 Å². The SMILES string of the molecule is CSCCC(C)N(C)S(=O)(=O)c1cc(CN)cc(C)c1Br. The second kappa shape index (κ2) is 7.97. The first-order chi connectivity index (χ1) is 9.75. The summed E-state index contributed by atoms with van der Waals surface area (Å²) in [5.41, 5.74) is 7.35. The van der Waals surface area contributed by atoms with Gasteiger partial charge in [-0.2, -0.15) is 16.1 Å². The fourth-order valence-corrected chi connectivity index (χ4v) is 4.97. The van der Waals surface area contributed by atoms with Crippen LogP contribution in [0, 0.1) is 6.92 Å². The quantitative estimate of drug-likeness (QED) is 0.771. The van der Waals surface area contributed by atoms with Crippen molar-refractivity contribution in [2.24, 2.45) is 5.73 Å². The molecule has 0 heterocycles. The molecular formula is C14H23BrN2O2S2. The molecule has 1 atom stereocenters. The number of benzene rings is 1. The Balaban J connectivity index is 3.21. The molecule has 0 aliphatic heterocycles. The van der Waals surface area contributed by atoms with Crippen LogP contribution in [0.5, 0.6) is 0 Å². The Kier molecular flexibility index (Phi) is 7.19. The van der Waals surface area contributed by atoms with E-state index in [1.54, 1.807) is 24.9 Å². The van der Waals surface area contributed by atoms with Gasteiger partial charge in [0.15, 0.2) is 0 Å². The molecule has 0 aromatic heterocycles. The smallest absolute Gasteiger partial charge is 0.244 e. The molecule has 0 aliphatic rings. The zero-order valence-corrected chi connectivity index (χ0v) is 16.1. The predicted octanol–water partition coefficient (Wildman–Crippen LogP) is 2.98. The molecule has 2 N–H and O–H groups in total. The Morgan fingerprint density at radius 1 is 1.43 bits per heavy atom. The van der Waals surface area contributed by atoms with E-state index in [0.29, 0.717) is 15.9 Å². The molecule has 0 saturated heterocycles. The third kappa shape index (κ3) is 4.45. The Hall–Kier alpha value is -0.0800. The maximum atomic E-state index is 12.8. The van der Waals surface area contributed by atoms with Gasteiger partial charge in [0.05, 0.1) is 4.90 Å². The standard InChI is InChI=1S/C14H23BrN2O2S2/c1-10-7-12(9-16)8-13(14(10)15)21(18,19)17(3)11(2)5-6-20-4/h7-8,11H,5-6,9,16H2,1-4H3. The Labute approximate surface area is 140 Å².